The third-order valence-electron chi connectivity index (χ3n) is 2.27. The maximum atomic E-state index is 5.82. The number of nitrogen functional groups attached to an aromatic ring is 1. The monoisotopic (exact) mass is 221 g/mol. The molecule has 0 aromatic carbocycles. The van der Waals surface area contributed by atoms with Crippen LogP contribution in [-0.4, -0.2) is 20.2 Å². The van der Waals surface area contributed by atoms with Gasteiger partial charge in [-0.15, -0.1) is 5.10 Å². The Balaban J connectivity index is 2.35. The molecule has 2 aromatic rings. The summed E-state index contributed by atoms with van der Waals surface area (Å²) >= 11 is 0. The number of nitrogens with zero attached hydrogens (tertiary/aromatic N) is 4. The molecule has 0 saturated heterocycles. The van der Waals surface area contributed by atoms with Crippen molar-refractivity contribution in [2.24, 2.45) is 0 Å². The molecule has 0 aliphatic carbocycles. The predicted molar refractivity (Wildman–Crippen MR) is 58.7 cm³/mol. The molecule has 2 aromatic heterocycles. The Morgan fingerprint density at radius 2 is 2.19 bits per heavy atom. The molecule has 2 heterocycles. The predicted octanol–water partition coefficient (Wildman–Crippen LogP) is 1.19. The molecule has 86 valence electrons. The highest BCUT2D eigenvalue weighted by atomic mass is 16.5. The normalized spacial score (nSPS) is 11.9. The van der Waals surface area contributed by atoms with Crippen LogP contribution < -0.4 is 5.73 Å². The van der Waals surface area contributed by atoms with E-state index in [2.05, 4.69) is 36.2 Å². The highest BCUT2D eigenvalue weighted by Crippen LogP contribution is 2.26. The number of anilines is 1. The lowest BCUT2D eigenvalue weighted by molar-refractivity contribution is 0.363. The molecule has 2 N–H and O–H groups in total. The molecule has 0 fully saturated rings. The molecular formula is C10H15N5O. The van der Waals surface area contributed by atoms with Crippen LogP contribution in [0.15, 0.2) is 16.8 Å². The summed E-state index contributed by atoms with van der Waals surface area (Å²) in [7, 11) is 0. The zero-order chi connectivity index (χ0) is 11.8. The second-order valence-corrected chi connectivity index (χ2v) is 4.71. The van der Waals surface area contributed by atoms with Crippen molar-refractivity contribution in [3.8, 4) is 0 Å². The SMILES string of the molecule is CC(C)(C)c1c(N)nnn1Cc1ccno1. The first-order valence-corrected chi connectivity index (χ1v) is 5.07. The van der Waals surface area contributed by atoms with Gasteiger partial charge in [0.15, 0.2) is 11.6 Å². The van der Waals surface area contributed by atoms with Gasteiger partial charge in [-0.2, -0.15) is 0 Å². The topological polar surface area (TPSA) is 82.8 Å². The average molecular weight is 221 g/mol. The number of hydrogen-bond donors (Lipinski definition) is 1. The number of rotatable bonds is 2. The zero-order valence-corrected chi connectivity index (χ0v) is 9.64. The Hall–Kier alpha value is -1.85. The molecule has 0 saturated carbocycles. The van der Waals surface area contributed by atoms with Crippen molar-refractivity contribution in [3.05, 3.63) is 23.7 Å². The molecule has 0 radical (unpaired) electrons. The van der Waals surface area contributed by atoms with Gasteiger partial charge in [0.25, 0.3) is 0 Å². The standard InChI is InChI=1S/C10H15N5O/c1-10(2,3)8-9(11)13-14-15(8)6-7-4-5-12-16-7/h4-5H,6,11H2,1-3H3. The summed E-state index contributed by atoms with van der Waals surface area (Å²) in [5, 5.41) is 11.6. The molecule has 0 atom stereocenters. The summed E-state index contributed by atoms with van der Waals surface area (Å²) in [6.07, 6.45) is 1.60. The second-order valence-electron chi connectivity index (χ2n) is 4.71. The Kier molecular flexibility index (Phi) is 2.41. The molecule has 2 rings (SSSR count). The van der Waals surface area contributed by atoms with Gasteiger partial charge in [-0.05, 0) is 0 Å². The lowest BCUT2D eigenvalue weighted by atomic mass is 9.92. The fourth-order valence-electron chi connectivity index (χ4n) is 1.68. The van der Waals surface area contributed by atoms with Gasteiger partial charge >= 0.3 is 0 Å². The van der Waals surface area contributed by atoms with E-state index in [9.17, 15) is 0 Å². The Morgan fingerprint density at radius 1 is 1.44 bits per heavy atom. The van der Waals surface area contributed by atoms with Crippen LogP contribution in [0.5, 0.6) is 0 Å². The van der Waals surface area contributed by atoms with Crippen LogP contribution in [0.3, 0.4) is 0 Å². The van der Waals surface area contributed by atoms with E-state index in [1.54, 1.807) is 16.9 Å². The third kappa shape index (κ3) is 1.91. The highest BCUT2D eigenvalue weighted by Gasteiger charge is 2.24. The first-order chi connectivity index (χ1) is 7.48. The number of aromatic nitrogens is 4. The van der Waals surface area contributed by atoms with Crippen molar-refractivity contribution in [2.45, 2.75) is 32.7 Å². The minimum atomic E-state index is -0.104. The van der Waals surface area contributed by atoms with Gasteiger partial charge in [-0.25, -0.2) is 4.68 Å². The molecule has 16 heavy (non-hydrogen) atoms. The van der Waals surface area contributed by atoms with Gasteiger partial charge in [0.2, 0.25) is 0 Å². The quantitative estimate of drug-likeness (QED) is 0.823. The van der Waals surface area contributed by atoms with Gasteiger partial charge in [0.1, 0.15) is 6.54 Å². The van der Waals surface area contributed by atoms with E-state index >= 15 is 0 Å². The smallest absolute Gasteiger partial charge is 0.169 e. The summed E-state index contributed by atoms with van der Waals surface area (Å²) in [5.74, 6) is 1.20. The molecule has 0 amide bonds. The summed E-state index contributed by atoms with van der Waals surface area (Å²) in [6.45, 7) is 6.70. The largest absolute Gasteiger partial charge is 0.381 e. The van der Waals surface area contributed by atoms with Gasteiger partial charge in [-0.3, -0.25) is 0 Å². The van der Waals surface area contributed by atoms with Gasteiger partial charge < -0.3 is 10.3 Å². The lowest BCUT2D eigenvalue weighted by Gasteiger charge is -2.19. The molecular weight excluding hydrogens is 206 g/mol. The van der Waals surface area contributed by atoms with E-state index in [0.29, 0.717) is 12.4 Å². The van der Waals surface area contributed by atoms with Crippen LogP contribution >= 0.6 is 0 Å². The molecule has 6 heteroatoms. The molecule has 0 aliphatic heterocycles. The highest BCUT2D eigenvalue weighted by molar-refractivity contribution is 5.38. The van der Waals surface area contributed by atoms with E-state index in [1.807, 2.05) is 0 Å². The Labute approximate surface area is 93.4 Å². The molecule has 0 unspecified atom stereocenters. The Bertz CT molecular complexity index is 466. The fraction of sp³-hybridized carbons (Fsp3) is 0.500. The summed E-state index contributed by atoms with van der Waals surface area (Å²) in [4.78, 5) is 0. The zero-order valence-electron chi connectivity index (χ0n) is 9.64. The first-order valence-electron chi connectivity index (χ1n) is 5.07. The lowest BCUT2D eigenvalue weighted by Crippen LogP contribution is -2.20. The van der Waals surface area contributed by atoms with Crippen molar-refractivity contribution in [2.75, 3.05) is 5.73 Å². The Morgan fingerprint density at radius 3 is 2.75 bits per heavy atom. The average Bonchev–Trinajstić information content (AvgIpc) is 2.75. The molecule has 0 bridgehead atoms. The van der Waals surface area contributed by atoms with Crippen LogP contribution in [0, 0.1) is 0 Å². The van der Waals surface area contributed by atoms with Gasteiger partial charge in [-0.1, -0.05) is 31.1 Å². The minimum Gasteiger partial charge on any atom is -0.381 e. The summed E-state index contributed by atoms with van der Waals surface area (Å²) < 4.78 is 6.78. The van der Waals surface area contributed by atoms with Crippen molar-refractivity contribution in [3.63, 3.8) is 0 Å². The van der Waals surface area contributed by atoms with E-state index in [-0.39, 0.29) is 5.41 Å². The molecule has 6 nitrogen and oxygen atoms in total. The van der Waals surface area contributed by atoms with Gasteiger partial charge in [0, 0.05) is 11.5 Å². The molecule has 0 aliphatic rings. The molecule has 0 spiro atoms. The summed E-state index contributed by atoms with van der Waals surface area (Å²) in [5.41, 5.74) is 6.62. The number of hydrogen-bond acceptors (Lipinski definition) is 5. The van der Waals surface area contributed by atoms with E-state index in [0.717, 1.165) is 11.5 Å². The van der Waals surface area contributed by atoms with Crippen LogP contribution in [-0.2, 0) is 12.0 Å². The summed E-state index contributed by atoms with van der Waals surface area (Å²) in [6, 6.07) is 1.80. The maximum Gasteiger partial charge on any atom is 0.169 e. The van der Waals surface area contributed by atoms with Crippen molar-refractivity contribution in [1.29, 1.82) is 0 Å². The minimum absolute atomic E-state index is 0.104. The number of nitrogens with two attached hydrogens (primary N) is 1. The van der Waals surface area contributed by atoms with Crippen molar-refractivity contribution >= 4 is 5.82 Å². The first kappa shape index (κ1) is 10.7. The van der Waals surface area contributed by atoms with Crippen molar-refractivity contribution < 1.29 is 4.52 Å². The third-order valence-corrected chi connectivity index (χ3v) is 2.27. The van der Waals surface area contributed by atoms with Crippen molar-refractivity contribution in [1.82, 2.24) is 20.2 Å². The van der Waals surface area contributed by atoms with Crippen LogP contribution in [0.4, 0.5) is 5.82 Å². The van der Waals surface area contributed by atoms with Gasteiger partial charge in [0.05, 0.1) is 11.9 Å². The maximum absolute atomic E-state index is 5.82. The van der Waals surface area contributed by atoms with E-state index in [4.69, 9.17) is 10.3 Å². The van der Waals surface area contributed by atoms with Crippen LogP contribution in [0.2, 0.25) is 0 Å². The van der Waals surface area contributed by atoms with Crippen LogP contribution in [0.25, 0.3) is 0 Å². The van der Waals surface area contributed by atoms with E-state index < -0.39 is 0 Å². The van der Waals surface area contributed by atoms with Crippen LogP contribution in [0.1, 0.15) is 32.2 Å². The second kappa shape index (κ2) is 3.62. The fourth-order valence-corrected chi connectivity index (χ4v) is 1.68. The van der Waals surface area contributed by atoms with E-state index in [1.165, 1.54) is 0 Å².